The van der Waals surface area contributed by atoms with E-state index in [1.165, 1.54) is 6.42 Å². The van der Waals surface area contributed by atoms with Crippen LogP contribution >= 0.6 is 0 Å². The lowest BCUT2D eigenvalue weighted by Crippen LogP contribution is -2.24. The van der Waals surface area contributed by atoms with Gasteiger partial charge in [0.2, 0.25) is 0 Å². The van der Waals surface area contributed by atoms with Crippen LogP contribution in [0.25, 0.3) is 0 Å². The normalized spacial score (nSPS) is 17.8. The molecule has 0 amide bonds. The average Bonchev–Trinajstić information content (AvgIpc) is 2.10. The molecule has 1 nitrogen and oxygen atoms in total. The van der Waals surface area contributed by atoms with Crippen molar-refractivity contribution in [1.29, 1.82) is 0 Å². The van der Waals surface area contributed by atoms with E-state index < -0.39 is 0 Å². The lowest BCUT2D eigenvalue weighted by Gasteiger charge is -2.32. The maximum Gasteiger partial charge on any atom is -0.00625 e. The number of nitrogens with two attached hydrogens (primary N) is 1. The van der Waals surface area contributed by atoms with Gasteiger partial charge in [-0.15, -0.1) is 0 Å². The van der Waals surface area contributed by atoms with Gasteiger partial charge in [0.25, 0.3) is 0 Å². The van der Waals surface area contributed by atoms with Gasteiger partial charge >= 0.3 is 0 Å². The first-order valence-corrected chi connectivity index (χ1v) is 5.48. The minimum absolute atomic E-state index is 0.372. The van der Waals surface area contributed by atoms with Gasteiger partial charge < -0.3 is 5.73 Å². The highest BCUT2D eigenvalue weighted by atomic mass is 14.5. The lowest BCUT2D eigenvalue weighted by molar-refractivity contribution is 0.201. The summed E-state index contributed by atoms with van der Waals surface area (Å²) >= 11 is 0. The summed E-state index contributed by atoms with van der Waals surface area (Å²) < 4.78 is 0. The first kappa shape index (κ1) is 13.3. The topological polar surface area (TPSA) is 26.0 Å². The van der Waals surface area contributed by atoms with Gasteiger partial charge in [0, 0.05) is 0 Å². The number of hydrogen-bond donors (Lipinski definition) is 1. The zero-order chi connectivity index (χ0) is 11.2. The molecule has 0 spiro atoms. The van der Waals surface area contributed by atoms with Crippen molar-refractivity contribution in [3.8, 4) is 0 Å². The molecule has 0 radical (unpaired) electrons. The van der Waals surface area contributed by atoms with Gasteiger partial charge in [-0.1, -0.05) is 46.8 Å². The highest BCUT2D eigenvalue weighted by Crippen LogP contribution is 2.33. The van der Waals surface area contributed by atoms with Crippen molar-refractivity contribution >= 4 is 0 Å². The molecule has 0 rings (SSSR count). The second-order valence-electron chi connectivity index (χ2n) is 5.00. The summed E-state index contributed by atoms with van der Waals surface area (Å²) in [5.41, 5.74) is 5.66. The fourth-order valence-corrected chi connectivity index (χ4v) is 1.57. The zero-order valence-electron chi connectivity index (χ0n) is 10.2. The predicted molar refractivity (Wildman–Crippen MR) is 64.9 cm³/mol. The highest BCUT2D eigenvalue weighted by molar-refractivity contribution is 5.04. The Labute approximate surface area is 89.1 Å². The van der Waals surface area contributed by atoms with Crippen LogP contribution in [0.2, 0.25) is 0 Å². The second-order valence-corrected chi connectivity index (χ2v) is 5.00. The summed E-state index contributed by atoms with van der Waals surface area (Å²) in [4.78, 5) is 0. The summed E-state index contributed by atoms with van der Waals surface area (Å²) in [5.74, 6) is 1.33. The van der Waals surface area contributed by atoms with E-state index in [4.69, 9.17) is 5.73 Å². The van der Waals surface area contributed by atoms with E-state index in [-0.39, 0.29) is 0 Å². The summed E-state index contributed by atoms with van der Waals surface area (Å²) in [7, 11) is 0. The van der Waals surface area contributed by atoms with Gasteiger partial charge in [0.15, 0.2) is 0 Å². The van der Waals surface area contributed by atoms with Crippen molar-refractivity contribution in [1.82, 2.24) is 0 Å². The molecule has 14 heavy (non-hydrogen) atoms. The van der Waals surface area contributed by atoms with Crippen LogP contribution in [-0.4, -0.2) is 0 Å². The second kappa shape index (κ2) is 5.90. The van der Waals surface area contributed by atoms with Gasteiger partial charge in [0.05, 0.1) is 0 Å². The minimum atomic E-state index is 0.372. The molecule has 1 unspecified atom stereocenters. The van der Waals surface area contributed by atoms with Crippen molar-refractivity contribution in [2.24, 2.45) is 23.0 Å². The number of allylic oxidation sites excluding steroid dienone is 3. The molecular weight excluding hydrogens is 170 g/mol. The third-order valence-electron chi connectivity index (χ3n) is 3.06. The fourth-order valence-electron chi connectivity index (χ4n) is 1.57. The third-order valence-corrected chi connectivity index (χ3v) is 3.06. The molecule has 82 valence electrons. The Balaban J connectivity index is 4.41. The molecular formula is C13H25N. The van der Waals surface area contributed by atoms with Gasteiger partial charge in [0.1, 0.15) is 0 Å². The van der Waals surface area contributed by atoms with E-state index in [2.05, 4.69) is 46.8 Å². The molecule has 0 aliphatic heterocycles. The quantitative estimate of drug-likeness (QED) is 0.680. The Morgan fingerprint density at radius 1 is 1.21 bits per heavy atom. The van der Waals surface area contributed by atoms with E-state index in [9.17, 15) is 0 Å². The lowest BCUT2D eigenvalue weighted by atomic mass is 9.73. The SMILES string of the molecule is CCC(/C=C\C=C/N)[C@@H](C)C(C)(C)C. The van der Waals surface area contributed by atoms with Crippen LogP contribution in [-0.2, 0) is 0 Å². The Hall–Kier alpha value is -0.720. The van der Waals surface area contributed by atoms with Crippen molar-refractivity contribution < 1.29 is 0 Å². The van der Waals surface area contributed by atoms with Crippen LogP contribution < -0.4 is 5.73 Å². The molecule has 2 atom stereocenters. The maximum atomic E-state index is 5.29. The molecule has 0 saturated heterocycles. The summed E-state index contributed by atoms with van der Waals surface area (Å²) in [6, 6.07) is 0. The van der Waals surface area contributed by atoms with Crippen LogP contribution in [0.5, 0.6) is 0 Å². The Bertz CT molecular complexity index is 196. The Morgan fingerprint density at radius 3 is 2.14 bits per heavy atom. The van der Waals surface area contributed by atoms with E-state index in [0.29, 0.717) is 17.3 Å². The molecule has 2 N–H and O–H groups in total. The average molecular weight is 195 g/mol. The van der Waals surface area contributed by atoms with Crippen molar-refractivity contribution in [2.45, 2.75) is 41.0 Å². The number of rotatable bonds is 4. The van der Waals surface area contributed by atoms with E-state index in [0.717, 1.165) is 0 Å². The monoisotopic (exact) mass is 195 g/mol. The Morgan fingerprint density at radius 2 is 1.79 bits per heavy atom. The molecule has 0 fully saturated rings. The molecule has 0 saturated carbocycles. The predicted octanol–water partition coefficient (Wildman–Crippen LogP) is 3.72. The first-order chi connectivity index (χ1) is 6.43. The standard InChI is InChI=1S/C13H25N/c1-6-12(9-7-8-10-14)11(2)13(3,4)5/h7-12H,6,14H2,1-5H3/b9-7-,10-8-/t11-,12?/m1/s1. The van der Waals surface area contributed by atoms with Gasteiger partial charge in [-0.05, 0) is 35.9 Å². The van der Waals surface area contributed by atoms with Gasteiger partial charge in [-0.2, -0.15) is 0 Å². The molecule has 0 aromatic carbocycles. The smallest absolute Gasteiger partial charge is 0.00625 e. The summed E-state index contributed by atoms with van der Waals surface area (Å²) in [6.45, 7) is 11.5. The van der Waals surface area contributed by atoms with Crippen LogP contribution in [0.1, 0.15) is 41.0 Å². The maximum absolute atomic E-state index is 5.29. The van der Waals surface area contributed by atoms with Crippen molar-refractivity contribution in [3.63, 3.8) is 0 Å². The third kappa shape index (κ3) is 4.50. The van der Waals surface area contributed by atoms with Crippen molar-refractivity contribution in [2.75, 3.05) is 0 Å². The van der Waals surface area contributed by atoms with Crippen LogP contribution in [0.3, 0.4) is 0 Å². The minimum Gasteiger partial charge on any atom is -0.405 e. The highest BCUT2D eigenvalue weighted by Gasteiger charge is 2.25. The fraction of sp³-hybridized carbons (Fsp3) is 0.692. The molecule has 1 heteroatoms. The molecule has 0 aliphatic carbocycles. The summed E-state index contributed by atoms with van der Waals surface area (Å²) in [6.07, 6.45) is 8.96. The Kier molecular flexibility index (Phi) is 5.59. The first-order valence-electron chi connectivity index (χ1n) is 5.48. The molecule has 0 aromatic heterocycles. The molecule has 0 bridgehead atoms. The molecule has 0 aliphatic rings. The van der Waals surface area contributed by atoms with Crippen LogP contribution in [0.15, 0.2) is 24.4 Å². The van der Waals surface area contributed by atoms with Gasteiger partial charge in [-0.3, -0.25) is 0 Å². The zero-order valence-corrected chi connectivity index (χ0v) is 10.2. The number of hydrogen-bond acceptors (Lipinski definition) is 1. The van der Waals surface area contributed by atoms with Crippen LogP contribution in [0.4, 0.5) is 0 Å². The van der Waals surface area contributed by atoms with Gasteiger partial charge in [-0.25, -0.2) is 0 Å². The molecule has 0 aromatic rings. The largest absolute Gasteiger partial charge is 0.405 e. The van der Waals surface area contributed by atoms with E-state index >= 15 is 0 Å². The van der Waals surface area contributed by atoms with E-state index in [1.807, 2.05) is 6.08 Å². The van der Waals surface area contributed by atoms with Crippen LogP contribution in [0, 0.1) is 17.3 Å². The van der Waals surface area contributed by atoms with E-state index in [1.54, 1.807) is 6.20 Å². The van der Waals surface area contributed by atoms with Crippen molar-refractivity contribution in [3.05, 3.63) is 24.4 Å². The molecule has 0 heterocycles. The summed E-state index contributed by atoms with van der Waals surface area (Å²) in [5, 5.41) is 0.